The lowest BCUT2D eigenvalue weighted by molar-refractivity contribution is -0.111. The molecule has 0 unspecified atom stereocenters. The van der Waals surface area contributed by atoms with Crippen molar-refractivity contribution >= 4 is 46.5 Å². The standard InChI is InChI=1S/C15H18IN3O4/c1-17-15(22)11-5-7-12(8-6-11)18-13(20)4-3-9-19(2)10-14(21)23-16/h3-8H,9-10H2,1-2H3,(H,17,22)(H,18,20)/p+1/b4-3+. The second kappa shape index (κ2) is 9.95. The Labute approximate surface area is 148 Å². The van der Waals surface area contributed by atoms with Gasteiger partial charge in [-0.1, -0.05) is 6.08 Å². The lowest BCUT2D eigenvalue weighted by Crippen LogP contribution is -2.26. The van der Waals surface area contributed by atoms with Gasteiger partial charge in [0.05, 0.1) is 0 Å². The molecule has 23 heavy (non-hydrogen) atoms. The minimum atomic E-state index is -0.274. The van der Waals surface area contributed by atoms with Gasteiger partial charge in [0.1, 0.15) is 0 Å². The van der Waals surface area contributed by atoms with Gasteiger partial charge < -0.3 is 15.4 Å². The van der Waals surface area contributed by atoms with Gasteiger partial charge in [-0.15, -0.1) is 0 Å². The van der Waals surface area contributed by atoms with Gasteiger partial charge in [0.25, 0.3) is 5.91 Å². The average molecular weight is 432 g/mol. The molecule has 2 amide bonds. The fourth-order valence-corrected chi connectivity index (χ4v) is 1.83. The summed E-state index contributed by atoms with van der Waals surface area (Å²) in [7, 11) is 3.34. The second-order valence-corrected chi connectivity index (χ2v) is 5.16. The molecule has 0 aliphatic carbocycles. The molecule has 8 heteroatoms. The number of anilines is 1. The molecule has 0 bridgehead atoms. The summed E-state index contributed by atoms with van der Waals surface area (Å²) in [5.41, 5.74) is 1.13. The van der Waals surface area contributed by atoms with Crippen molar-refractivity contribution in [2.24, 2.45) is 0 Å². The Morgan fingerprint density at radius 3 is 2.57 bits per heavy atom. The summed E-state index contributed by atoms with van der Waals surface area (Å²) in [6.07, 6.45) is 3.08. The second-order valence-electron chi connectivity index (χ2n) is 4.72. The number of carbonyl (C=O) groups is 2. The van der Waals surface area contributed by atoms with Crippen LogP contribution in [0.25, 0.3) is 0 Å². The van der Waals surface area contributed by atoms with E-state index in [0.717, 1.165) is 0 Å². The first-order valence-electron chi connectivity index (χ1n) is 6.78. The third-order valence-electron chi connectivity index (χ3n) is 2.82. The van der Waals surface area contributed by atoms with Gasteiger partial charge >= 0.3 is 29.0 Å². The van der Waals surface area contributed by atoms with Crippen LogP contribution in [0.3, 0.4) is 0 Å². The van der Waals surface area contributed by atoms with E-state index in [1.54, 1.807) is 72.3 Å². The number of nitrogens with one attached hydrogen (secondary N) is 2. The van der Waals surface area contributed by atoms with Crippen molar-refractivity contribution in [1.82, 2.24) is 10.2 Å². The molecule has 0 radical (unpaired) electrons. The molecule has 0 saturated carbocycles. The third-order valence-corrected chi connectivity index (χ3v) is 3.33. The molecule has 1 aromatic rings. The number of rotatable bonds is 7. The van der Waals surface area contributed by atoms with Crippen LogP contribution in [-0.4, -0.2) is 54.7 Å². The molecule has 0 fully saturated rings. The average Bonchev–Trinajstić information content (AvgIpc) is 2.54. The SMILES string of the molecule is CNC(=O)c1ccc(NC(=O)/C=C/CN(C)CC(=[OH+])OI)cc1. The van der Waals surface area contributed by atoms with E-state index >= 15 is 0 Å². The predicted molar refractivity (Wildman–Crippen MR) is 97.1 cm³/mol. The molecule has 0 aromatic heterocycles. The smallest absolute Gasteiger partial charge is 0.355 e. The zero-order valence-corrected chi connectivity index (χ0v) is 15.0. The van der Waals surface area contributed by atoms with E-state index < -0.39 is 0 Å². The molecule has 0 aliphatic rings. The molecule has 0 heterocycles. The van der Waals surface area contributed by atoms with Gasteiger partial charge in [-0.3, -0.25) is 14.5 Å². The van der Waals surface area contributed by atoms with Gasteiger partial charge in [0.15, 0.2) is 6.54 Å². The number of benzene rings is 1. The summed E-state index contributed by atoms with van der Waals surface area (Å²) in [4.78, 5) is 34.2. The lowest BCUT2D eigenvalue weighted by Gasteiger charge is -2.08. The predicted octanol–water partition coefficient (Wildman–Crippen LogP) is 1.34. The number of likely N-dealkylation sites (N-methyl/N-ethyl adjacent to an activating group) is 1. The first kappa shape index (κ1) is 19.1. The number of halogens is 1. The molecule has 0 aliphatic heterocycles. The number of hydrogen-bond acceptors (Lipinski definition) is 4. The zero-order valence-electron chi connectivity index (χ0n) is 12.9. The summed E-state index contributed by atoms with van der Waals surface area (Å²) in [6.45, 7) is 0.739. The summed E-state index contributed by atoms with van der Waals surface area (Å²) in [5.74, 6) is -0.548. The summed E-state index contributed by atoms with van der Waals surface area (Å²) in [5, 5.41) is 5.22. The molecule has 0 atom stereocenters. The highest BCUT2D eigenvalue weighted by molar-refractivity contribution is 14.1. The highest BCUT2D eigenvalue weighted by atomic mass is 127. The molecular formula is C15H19IN3O4+. The van der Waals surface area contributed by atoms with E-state index in [1.165, 1.54) is 6.08 Å². The van der Waals surface area contributed by atoms with Gasteiger partial charge in [-0.05, 0) is 31.3 Å². The fraction of sp³-hybridized carbons (Fsp3) is 0.267. The summed E-state index contributed by atoms with van der Waals surface area (Å²) >= 11 is 1.60. The van der Waals surface area contributed by atoms with Crippen molar-refractivity contribution in [3.05, 3.63) is 42.0 Å². The number of hydrogen-bond donors (Lipinski definition) is 2. The molecule has 0 spiro atoms. The van der Waals surface area contributed by atoms with Crippen LogP contribution in [0.2, 0.25) is 0 Å². The molecule has 3 N–H and O–H groups in total. The van der Waals surface area contributed by atoms with Crippen LogP contribution in [0.15, 0.2) is 36.4 Å². The van der Waals surface area contributed by atoms with E-state index in [9.17, 15) is 14.4 Å². The lowest BCUT2D eigenvalue weighted by atomic mass is 10.2. The van der Waals surface area contributed by atoms with Crippen molar-refractivity contribution in [2.75, 3.05) is 32.5 Å². The molecule has 1 rings (SSSR count). The van der Waals surface area contributed by atoms with Gasteiger partial charge in [0.2, 0.25) is 5.91 Å². The van der Waals surface area contributed by atoms with Gasteiger partial charge in [-0.25, -0.2) is 3.07 Å². The normalized spacial score (nSPS) is 10.6. The fourth-order valence-electron chi connectivity index (χ4n) is 1.69. The van der Waals surface area contributed by atoms with Crippen LogP contribution >= 0.6 is 23.0 Å². The zero-order chi connectivity index (χ0) is 17.2. The van der Waals surface area contributed by atoms with Gasteiger partial charge in [0, 0.05) is 30.9 Å². The Bertz CT molecular complexity index is 587. The molecule has 1 aromatic carbocycles. The Kier molecular flexibility index (Phi) is 8.27. The minimum Gasteiger partial charge on any atom is -0.355 e. The Balaban J connectivity index is 2.45. The maximum Gasteiger partial charge on any atom is 0.506 e. The van der Waals surface area contributed by atoms with E-state index in [-0.39, 0.29) is 24.3 Å². The highest BCUT2D eigenvalue weighted by Crippen LogP contribution is 2.09. The van der Waals surface area contributed by atoms with Crippen LogP contribution in [0.5, 0.6) is 0 Å². The first-order valence-corrected chi connectivity index (χ1v) is 7.66. The summed E-state index contributed by atoms with van der Waals surface area (Å²) < 4.78 is 4.63. The Hall–Kier alpha value is -1.94. The number of nitrogens with zero attached hydrogens (tertiary/aromatic N) is 1. The quantitative estimate of drug-likeness (QED) is 0.387. The van der Waals surface area contributed by atoms with Crippen LogP contribution in [-0.2, 0) is 7.86 Å². The van der Waals surface area contributed by atoms with E-state index in [2.05, 4.69) is 13.7 Å². The molecule has 7 nitrogen and oxygen atoms in total. The van der Waals surface area contributed by atoms with E-state index in [0.29, 0.717) is 17.8 Å². The maximum absolute atomic E-state index is 11.8. The van der Waals surface area contributed by atoms with Crippen molar-refractivity contribution in [3.63, 3.8) is 0 Å². The molecule has 124 valence electrons. The van der Waals surface area contributed by atoms with Crippen LogP contribution < -0.4 is 10.6 Å². The maximum atomic E-state index is 11.8. The summed E-state index contributed by atoms with van der Waals surface area (Å²) in [6, 6.07) is 6.59. The van der Waals surface area contributed by atoms with Crippen molar-refractivity contribution in [1.29, 1.82) is 0 Å². The first-order chi connectivity index (χ1) is 11.0. The monoisotopic (exact) mass is 432 g/mol. The largest absolute Gasteiger partial charge is 0.506 e. The van der Waals surface area contributed by atoms with Crippen LogP contribution in [0.1, 0.15) is 10.4 Å². The minimum absolute atomic E-state index is 0.0952. The van der Waals surface area contributed by atoms with Gasteiger partial charge in [-0.2, -0.15) is 0 Å². The van der Waals surface area contributed by atoms with Crippen LogP contribution in [0, 0.1) is 0 Å². The van der Waals surface area contributed by atoms with E-state index in [4.69, 9.17) is 0 Å². The van der Waals surface area contributed by atoms with E-state index in [1.807, 2.05) is 0 Å². The highest BCUT2D eigenvalue weighted by Gasteiger charge is 2.12. The number of amides is 2. The Morgan fingerprint density at radius 1 is 1.35 bits per heavy atom. The number of carbonyl (C=O) groups excluding carboxylic acids is 3. The topological polar surface area (TPSA) is 92.1 Å². The van der Waals surface area contributed by atoms with Crippen LogP contribution in [0.4, 0.5) is 5.69 Å². The van der Waals surface area contributed by atoms with Crippen molar-refractivity contribution in [2.45, 2.75) is 0 Å². The molecular weight excluding hydrogens is 413 g/mol. The third kappa shape index (κ3) is 7.24. The van der Waals surface area contributed by atoms with Crippen molar-refractivity contribution < 1.29 is 17.4 Å². The van der Waals surface area contributed by atoms with Crippen molar-refractivity contribution in [3.8, 4) is 0 Å². The molecule has 0 saturated heterocycles. The Morgan fingerprint density at radius 2 is 2.00 bits per heavy atom.